The van der Waals surface area contributed by atoms with Crippen molar-refractivity contribution >= 4 is 31.3 Å². The Morgan fingerprint density at radius 2 is 0.854 bits per heavy atom. The van der Waals surface area contributed by atoms with E-state index < -0.39 is 108 Å². The fraction of sp³-hybridized carbons (Fsp3) is 1.00. The van der Waals surface area contributed by atoms with E-state index in [9.17, 15) is 42.3 Å². The second kappa shape index (κ2) is 27.6. The maximum atomic E-state index is 12.5. The molecule has 0 aromatic heterocycles. The Hall–Kier alpha value is 2.46. The van der Waals surface area contributed by atoms with Crippen LogP contribution in [-0.2, 0) is 111 Å². The van der Waals surface area contributed by atoms with E-state index in [0.717, 1.165) is 5.54 Å². The van der Waals surface area contributed by atoms with Crippen molar-refractivity contribution in [1.82, 2.24) is 5.54 Å². The van der Waals surface area contributed by atoms with Gasteiger partial charge in [0, 0.05) is 77.9 Å². The quantitative estimate of drug-likeness (QED) is 0.0973. The number of nitrogens with one attached hydrogen (secondary N) is 3. The molecule has 0 saturated heterocycles. The van der Waals surface area contributed by atoms with E-state index in [4.69, 9.17) is 21.3 Å². The van der Waals surface area contributed by atoms with Gasteiger partial charge in [0.15, 0.2) is 0 Å². The molecule has 0 spiro atoms. The topological polar surface area (TPSA) is 316 Å². The van der Waals surface area contributed by atoms with E-state index in [1.165, 1.54) is 0 Å². The first-order valence-corrected chi connectivity index (χ1v) is 15.5. The average Bonchev–Trinajstić information content (AvgIpc) is 2.74. The summed E-state index contributed by atoms with van der Waals surface area (Å²) in [5, 5.41) is 0. The van der Waals surface area contributed by atoms with Gasteiger partial charge in [-0.05, 0) is 11.8 Å². The van der Waals surface area contributed by atoms with Crippen molar-refractivity contribution in [2.45, 2.75) is 22.3 Å². The Morgan fingerprint density at radius 3 is 1.07 bits per heavy atom. The first-order valence-electron chi connectivity index (χ1n) is 9.61. The van der Waals surface area contributed by atoms with E-state index >= 15 is 0 Å². The first kappa shape index (κ1) is 55.8. The van der Waals surface area contributed by atoms with Crippen molar-refractivity contribution in [2.75, 3.05) is 59.3 Å². The fourth-order valence-electron chi connectivity index (χ4n) is 1.87. The summed E-state index contributed by atoms with van der Waals surface area (Å²) < 4.78 is 83.3. The van der Waals surface area contributed by atoms with E-state index in [-0.39, 0.29) is 87.7 Å². The van der Waals surface area contributed by atoms with Crippen LogP contribution in [0.25, 0.3) is 11.5 Å². The molecule has 0 aromatic carbocycles. The van der Waals surface area contributed by atoms with Crippen LogP contribution in [0, 0.1) is 17.8 Å². The van der Waals surface area contributed by atoms with Crippen molar-refractivity contribution in [3.05, 3.63) is 11.5 Å². The SMILES string of the molecule is C.C.C.[NH-]CC(COP(=O)([O-])O)COP(=O)([O-])OCC(CNF)COP(=O)([O-])OCC(C[NH-])COP(=O)([O-])O.[Y].[Y]. The Kier molecular flexibility index (Phi) is 37.5. The number of rotatable bonds is 22. The molecule has 0 saturated carbocycles. The molecule has 26 heteroatoms. The third kappa shape index (κ3) is 33.6. The maximum Gasteiger partial charge on any atom is 0.267 e. The van der Waals surface area contributed by atoms with E-state index in [0.29, 0.717) is 0 Å². The molecule has 6 unspecified atom stereocenters. The van der Waals surface area contributed by atoms with Crippen LogP contribution >= 0.6 is 31.3 Å². The zero-order chi connectivity index (χ0) is 28.0. The van der Waals surface area contributed by atoms with Crippen LogP contribution < -0.4 is 25.1 Å². The maximum absolute atomic E-state index is 12.5. The van der Waals surface area contributed by atoms with Gasteiger partial charge in [-0.1, -0.05) is 22.3 Å². The summed E-state index contributed by atoms with van der Waals surface area (Å²) >= 11 is 0. The Morgan fingerprint density at radius 1 is 0.610 bits per heavy atom. The van der Waals surface area contributed by atoms with Crippen molar-refractivity contribution in [2.24, 2.45) is 17.8 Å². The summed E-state index contributed by atoms with van der Waals surface area (Å²) in [7, 11) is -20.4. The van der Waals surface area contributed by atoms with Crippen molar-refractivity contribution in [3.8, 4) is 0 Å². The first-order chi connectivity index (χ1) is 16.4. The van der Waals surface area contributed by atoms with Crippen LogP contribution in [-0.4, -0.2) is 69.1 Å². The predicted octanol–water partition coefficient (Wildman–Crippen LogP) is 0.275. The molecule has 0 aliphatic heterocycles. The van der Waals surface area contributed by atoms with Crippen molar-refractivity contribution in [3.63, 3.8) is 0 Å². The number of phosphoric acid groups is 4. The molecule has 19 nitrogen and oxygen atoms in total. The van der Waals surface area contributed by atoms with Gasteiger partial charge in [0.05, 0.1) is 39.6 Å². The van der Waals surface area contributed by atoms with Crippen LogP contribution in [0.3, 0.4) is 0 Å². The summed E-state index contributed by atoms with van der Waals surface area (Å²) in [6, 6.07) is 0. The van der Waals surface area contributed by atoms with Crippen LogP contribution in [0.1, 0.15) is 22.3 Å². The van der Waals surface area contributed by atoms with Gasteiger partial charge in [-0.15, -0.1) is 17.6 Å². The Balaban J connectivity index is -0.000000612. The van der Waals surface area contributed by atoms with Gasteiger partial charge in [-0.25, -0.2) is 0 Å². The normalized spacial score (nSPS) is 18.9. The van der Waals surface area contributed by atoms with E-state index in [1.54, 1.807) is 0 Å². The van der Waals surface area contributed by atoms with Crippen molar-refractivity contribution < 1.29 is 145 Å². The van der Waals surface area contributed by atoms with Crippen LogP contribution in [0.15, 0.2) is 0 Å². The van der Waals surface area contributed by atoms with Gasteiger partial charge in [-0.3, -0.25) is 18.3 Å². The minimum atomic E-state index is -5.11. The Bertz CT molecular complexity index is 767. The molecular weight excluding hydrogens is 799 g/mol. The van der Waals surface area contributed by atoms with E-state index in [1.807, 2.05) is 0 Å². The smallest absolute Gasteiger partial charge is 0.267 e. The van der Waals surface area contributed by atoms with E-state index in [2.05, 4.69) is 27.1 Å². The molecule has 2 radical (unpaired) electrons. The molecule has 0 bridgehead atoms. The standard InChI is InChI=1S/C12H30FN3O16P4.3CH4.2Y/c13-16-3-12(8-31-35(23,24)29-6-10(1-14)4-27-33(17,18)19)9-32-36(25,26)30-7-11(2-15)5-28-34(20,21)22;;;;;/h10-12,14-16H,1-9H2,(H,23,24)(H,25,26)(H2,17,18,19)(H2,20,21,22);3*1H4;;/q-2;;;;;/p-4. The van der Waals surface area contributed by atoms with Gasteiger partial charge in [-0.2, -0.15) is 5.54 Å². The minimum absolute atomic E-state index is 0. The summed E-state index contributed by atoms with van der Waals surface area (Å²) in [6.07, 6.45) is 0. The van der Waals surface area contributed by atoms with Crippen molar-refractivity contribution in [1.29, 1.82) is 0 Å². The summed E-state index contributed by atoms with van der Waals surface area (Å²) in [5.74, 6) is -3.45. The van der Waals surface area contributed by atoms with Crippen LogP contribution in [0.4, 0.5) is 4.48 Å². The summed E-state index contributed by atoms with van der Waals surface area (Å²) in [5.41, 5.74) is 15.5. The molecule has 41 heavy (non-hydrogen) atoms. The van der Waals surface area contributed by atoms with Crippen LogP contribution in [0.2, 0.25) is 0 Å². The number of hydrogen-bond donors (Lipinski definition) is 3. The predicted molar refractivity (Wildman–Crippen MR) is 129 cm³/mol. The molecule has 0 heterocycles. The molecule has 0 amide bonds. The second-order valence-corrected chi connectivity index (χ2v) is 12.2. The molecule has 0 rings (SSSR count). The average molecular weight is 837 g/mol. The number of hydrogen-bond acceptors (Lipinski definition) is 15. The summed E-state index contributed by atoms with van der Waals surface area (Å²) in [6.45, 7) is -6.53. The third-order valence-electron chi connectivity index (χ3n) is 3.76. The molecular formula is C15H38FN3O16P4Y2-6. The third-order valence-corrected chi connectivity index (χ3v) is 6.58. The zero-order valence-corrected chi connectivity index (χ0v) is 28.8. The number of halogens is 1. The van der Waals surface area contributed by atoms with Gasteiger partial charge >= 0.3 is 0 Å². The monoisotopic (exact) mass is 837 g/mol. The fourth-order valence-corrected chi connectivity index (χ4v) is 4.39. The largest absolute Gasteiger partial charge is 0.756 e. The minimum Gasteiger partial charge on any atom is -0.756 e. The van der Waals surface area contributed by atoms with Gasteiger partial charge < -0.3 is 68.0 Å². The molecule has 0 fully saturated rings. The Labute approximate surface area is 290 Å². The second-order valence-electron chi connectivity index (χ2n) is 6.95. The molecule has 6 atom stereocenters. The zero-order valence-electron chi connectivity index (χ0n) is 19.5. The van der Waals surface area contributed by atoms with Gasteiger partial charge in [0.25, 0.3) is 31.3 Å². The van der Waals surface area contributed by atoms with Gasteiger partial charge in [0.2, 0.25) is 0 Å². The summed E-state index contributed by atoms with van der Waals surface area (Å²) in [4.78, 5) is 61.8. The molecule has 0 aliphatic carbocycles. The molecule has 0 aliphatic rings. The molecule has 248 valence electrons. The molecule has 5 N–H and O–H groups in total. The molecule has 0 aromatic rings. The van der Waals surface area contributed by atoms with Crippen LogP contribution in [0.5, 0.6) is 0 Å². The number of phosphoric ester groups is 4. The van der Waals surface area contributed by atoms with Gasteiger partial charge in [0.1, 0.15) is 0 Å².